The second kappa shape index (κ2) is 4.11. The van der Waals surface area contributed by atoms with Crippen molar-refractivity contribution >= 4 is 6.29 Å². The molecule has 2 nitrogen and oxygen atoms in total. The highest BCUT2D eigenvalue weighted by Gasteiger charge is 2.33. The van der Waals surface area contributed by atoms with E-state index in [1.54, 1.807) is 12.1 Å². The predicted octanol–water partition coefficient (Wildman–Crippen LogP) is 1.65. The Labute approximate surface area is 88.5 Å². The van der Waals surface area contributed by atoms with Crippen LogP contribution < -0.4 is 5.32 Å². The summed E-state index contributed by atoms with van der Waals surface area (Å²) < 4.78 is 12.8. The van der Waals surface area contributed by atoms with E-state index in [4.69, 9.17) is 0 Å². The highest BCUT2D eigenvalue weighted by Crippen LogP contribution is 2.31. The van der Waals surface area contributed by atoms with E-state index >= 15 is 0 Å². The maximum atomic E-state index is 12.8. The number of nitrogens with one attached hydrogen (secondary N) is 1. The van der Waals surface area contributed by atoms with Gasteiger partial charge in [-0.3, -0.25) is 0 Å². The van der Waals surface area contributed by atoms with E-state index in [0.29, 0.717) is 0 Å². The van der Waals surface area contributed by atoms with E-state index in [1.165, 1.54) is 12.1 Å². The molecule has 0 aliphatic carbocycles. The Kier molecular flexibility index (Phi) is 2.82. The van der Waals surface area contributed by atoms with Gasteiger partial charge < -0.3 is 10.1 Å². The summed E-state index contributed by atoms with van der Waals surface area (Å²) in [6.45, 7) is 1.69. The molecule has 0 spiro atoms. The quantitative estimate of drug-likeness (QED) is 0.747. The first-order valence-corrected chi connectivity index (χ1v) is 5.20. The molecular weight excluding hydrogens is 193 g/mol. The molecule has 0 saturated carbocycles. The summed E-state index contributed by atoms with van der Waals surface area (Å²) in [6.07, 6.45) is 2.60. The largest absolute Gasteiger partial charge is 0.317 e. The minimum absolute atomic E-state index is 0.256. The van der Waals surface area contributed by atoms with Gasteiger partial charge in [0.15, 0.2) is 0 Å². The van der Waals surface area contributed by atoms with Crippen LogP contribution in [-0.2, 0) is 10.2 Å². The molecule has 0 bridgehead atoms. The zero-order chi connectivity index (χ0) is 10.7. The standard InChI is InChI=1S/C12H14FNO/c13-11-3-1-10(2-4-11)12(9-15)5-7-14-8-6-12/h1-4,9,14H,5-8H2. The Morgan fingerprint density at radius 2 is 1.80 bits per heavy atom. The van der Waals surface area contributed by atoms with Crippen LogP contribution in [0.5, 0.6) is 0 Å². The molecule has 15 heavy (non-hydrogen) atoms. The molecule has 1 fully saturated rings. The van der Waals surface area contributed by atoms with Crippen LogP contribution in [0, 0.1) is 5.82 Å². The first-order valence-electron chi connectivity index (χ1n) is 5.20. The van der Waals surface area contributed by atoms with Gasteiger partial charge in [0.25, 0.3) is 0 Å². The van der Waals surface area contributed by atoms with Gasteiger partial charge in [0.05, 0.1) is 5.41 Å². The maximum Gasteiger partial charge on any atom is 0.130 e. The lowest BCUT2D eigenvalue weighted by atomic mass is 9.74. The van der Waals surface area contributed by atoms with Gasteiger partial charge in [0.1, 0.15) is 12.1 Å². The van der Waals surface area contributed by atoms with Crippen LogP contribution in [0.1, 0.15) is 18.4 Å². The van der Waals surface area contributed by atoms with Gasteiger partial charge in [-0.1, -0.05) is 12.1 Å². The zero-order valence-corrected chi connectivity index (χ0v) is 8.50. The second-order valence-corrected chi connectivity index (χ2v) is 4.03. The Morgan fingerprint density at radius 1 is 1.20 bits per heavy atom. The highest BCUT2D eigenvalue weighted by atomic mass is 19.1. The van der Waals surface area contributed by atoms with Crippen molar-refractivity contribution in [3.05, 3.63) is 35.6 Å². The lowest BCUT2D eigenvalue weighted by Gasteiger charge is -2.32. The van der Waals surface area contributed by atoms with E-state index in [9.17, 15) is 9.18 Å². The second-order valence-electron chi connectivity index (χ2n) is 4.03. The number of aldehydes is 1. The molecular formula is C12H14FNO. The smallest absolute Gasteiger partial charge is 0.130 e. The molecule has 80 valence electrons. The molecule has 1 saturated heterocycles. The number of rotatable bonds is 2. The lowest BCUT2D eigenvalue weighted by molar-refractivity contribution is -0.113. The van der Waals surface area contributed by atoms with E-state index in [-0.39, 0.29) is 5.82 Å². The van der Waals surface area contributed by atoms with Gasteiger partial charge in [0.2, 0.25) is 0 Å². The van der Waals surface area contributed by atoms with Gasteiger partial charge >= 0.3 is 0 Å². The fraction of sp³-hybridized carbons (Fsp3) is 0.417. The van der Waals surface area contributed by atoms with Crippen LogP contribution >= 0.6 is 0 Å². The van der Waals surface area contributed by atoms with Crippen molar-refractivity contribution in [3.63, 3.8) is 0 Å². The summed E-state index contributed by atoms with van der Waals surface area (Å²) in [5.74, 6) is -0.256. The molecule has 1 aliphatic rings. The van der Waals surface area contributed by atoms with Crippen LogP contribution in [-0.4, -0.2) is 19.4 Å². The first-order chi connectivity index (χ1) is 7.27. The molecule has 2 rings (SSSR count). The first kappa shape index (κ1) is 10.3. The highest BCUT2D eigenvalue weighted by molar-refractivity contribution is 5.69. The maximum absolute atomic E-state index is 12.8. The molecule has 1 aromatic rings. The van der Waals surface area contributed by atoms with Crippen molar-refractivity contribution in [2.75, 3.05) is 13.1 Å². The average molecular weight is 207 g/mol. The summed E-state index contributed by atoms with van der Waals surface area (Å²) in [5.41, 5.74) is 0.527. The summed E-state index contributed by atoms with van der Waals surface area (Å²) in [7, 11) is 0. The SMILES string of the molecule is O=CC1(c2ccc(F)cc2)CCNCC1. The molecule has 1 N–H and O–H groups in total. The number of carbonyl (C=O) groups excluding carboxylic acids is 1. The molecule has 1 heterocycles. The number of hydrogen-bond donors (Lipinski definition) is 1. The fourth-order valence-electron chi connectivity index (χ4n) is 2.13. The summed E-state index contributed by atoms with van der Waals surface area (Å²) >= 11 is 0. The minimum Gasteiger partial charge on any atom is -0.317 e. The Balaban J connectivity index is 2.32. The summed E-state index contributed by atoms with van der Waals surface area (Å²) in [5, 5.41) is 3.22. The molecule has 1 aliphatic heterocycles. The number of benzene rings is 1. The minimum atomic E-state index is -0.404. The topological polar surface area (TPSA) is 29.1 Å². The molecule has 0 unspecified atom stereocenters. The van der Waals surface area contributed by atoms with Gasteiger partial charge in [-0.05, 0) is 43.6 Å². The summed E-state index contributed by atoms with van der Waals surface area (Å²) in [6, 6.07) is 6.27. The number of halogens is 1. The van der Waals surface area contributed by atoms with Crippen LogP contribution in [0.2, 0.25) is 0 Å². The molecule has 1 aromatic carbocycles. The Bertz CT molecular complexity index is 341. The average Bonchev–Trinajstić information content (AvgIpc) is 2.31. The number of hydrogen-bond acceptors (Lipinski definition) is 2. The monoisotopic (exact) mass is 207 g/mol. The van der Waals surface area contributed by atoms with Crippen molar-refractivity contribution in [1.82, 2.24) is 5.32 Å². The molecule has 0 amide bonds. The number of piperidine rings is 1. The molecule has 0 radical (unpaired) electrons. The molecule has 3 heteroatoms. The van der Waals surface area contributed by atoms with E-state index in [1.807, 2.05) is 0 Å². The van der Waals surface area contributed by atoms with Crippen LogP contribution in [0.15, 0.2) is 24.3 Å². The molecule has 0 aromatic heterocycles. The lowest BCUT2D eigenvalue weighted by Crippen LogP contribution is -2.41. The number of carbonyl (C=O) groups is 1. The van der Waals surface area contributed by atoms with Gasteiger partial charge in [-0.2, -0.15) is 0 Å². The summed E-state index contributed by atoms with van der Waals surface area (Å²) in [4.78, 5) is 11.2. The third-order valence-corrected chi connectivity index (χ3v) is 3.14. The van der Waals surface area contributed by atoms with Gasteiger partial charge in [-0.25, -0.2) is 4.39 Å². The van der Waals surface area contributed by atoms with Crippen molar-refractivity contribution in [2.45, 2.75) is 18.3 Å². The zero-order valence-electron chi connectivity index (χ0n) is 8.50. The van der Waals surface area contributed by atoms with E-state index < -0.39 is 5.41 Å². The van der Waals surface area contributed by atoms with Gasteiger partial charge in [0, 0.05) is 0 Å². The van der Waals surface area contributed by atoms with E-state index in [2.05, 4.69) is 5.32 Å². The normalized spacial score (nSPS) is 19.8. The van der Waals surface area contributed by atoms with E-state index in [0.717, 1.165) is 37.8 Å². The van der Waals surface area contributed by atoms with Crippen molar-refractivity contribution in [3.8, 4) is 0 Å². The van der Waals surface area contributed by atoms with Crippen molar-refractivity contribution in [2.24, 2.45) is 0 Å². The fourth-order valence-corrected chi connectivity index (χ4v) is 2.13. The Hall–Kier alpha value is -1.22. The predicted molar refractivity (Wildman–Crippen MR) is 56.2 cm³/mol. The van der Waals surface area contributed by atoms with Crippen LogP contribution in [0.4, 0.5) is 4.39 Å². The van der Waals surface area contributed by atoms with Crippen LogP contribution in [0.25, 0.3) is 0 Å². The van der Waals surface area contributed by atoms with Crippen LogP contribution in [0.3, 0.4) is 0 Å². The molecule has 0 atom stereocenters. The third-order valence-electron chi connectivity index (χ3n) is 3.14. The van der Waals surface area contributed by atoms with Gasteiger partial charge in [-0.15, -0.1) is 0 Å². The van der Waals surface area contributed by atoms with Crippen molar-refractivity contribution < 1.29 is 9.18 Å². The third kappa shape index (κ3) is 1.92. The van der Waals surface area contributed by atoms with Crippen molar-refractivity contribution in [1.29, 1.82) is 0 Å². The Morgan fingerprint density at radius 3 is 2.33 bits per heavy atom.